The van der Waals surface area contributed by atoms with Gasteiger partial charge in [-0.1, -0.05) is 18.2 Å². The van der Waals surface area contributed by atoms with E-state index in [9.17, 15) is 0 Å². The summed E-state index contributed by atoms with van der Waals surface area (Å²) >= 11 is 0. The molecule has 3 aromatic rings. The van der Waals surface area contributed by atoms with E-state index in [1.807, 2.05) is 42.9 Å². The van der Waals surface area contributed by atoms with E-state index in [2.05, 4.69) is 47.4 Å². The predicted octanol–water partition coefficient (Wildman–Crippen LogP) is 4.15. The molecule has 1 unspecified atom stereocenters. The number of rotatable bonds is 5. The van der Waals surface area contributed by atoms with Gasteiger partial charge in [0.25, 0.3) is 0 Å². The van der Waals surface area contributed by atoms with Gasteiger partial charge in [0, 0.05) is 44.9 Å². The Morgan fingerprint density at radius 3 is 2.84 bits per heavy atom. The van der Waals surface area contributed by atoms with Crippen LogP contribution in [0.2, 0.25) is 0 Å². The third-order valence-corrected chi connectivity index (χ3v) is 6.15. The maximum absolute atomic E-state index is 6.09. The van der Waals surface area contributed by atoms with Gasteiger partial charge in [0.1, 0.15) is 23.3 Å². The monoisotopic (exact) mass is 433 g/mol. The van der Waals surface area contributed by atoms with E-state index >= 15 is 0 Å². The van der Waals surface area contributed by atoms with E-state index in [1.165, 1.54) is 11.1 Å². The molecule has 4 heterocycles. The average molecular weight is 434 g/mol. The molecule has 0 amide bonds. The van der Waals surface area contributed by atoms with Gasteiger partial charge >= 0.3 is 0 Å². The number of morpholine rings is 1. The Hall–Kier alpha value is -2.90. The lowest BCUT2D eigenvalue weighted by atomic mass is 10.00. The highest BCUT2D eigenvalue weighted by atomic mass is 16.5. The highest BCUT2D eigenvalue weighted by molar-refractivity contribution is 5.52. The molecule has 7 heteroatoms. The molecule has 1 fully saturated rings. The van der Waals surface area contributed by atoms with Crippen molar-refractivity contribution in [3.05, 3.63) is 65.0 Å². The Morgan fingerprint density at radius 1 is 1.16 bits per heavy atom. The number of anilines is 2. The van der Waals surface area contributed by atoms with Crippen molar-refractivity contribution in [1.82, 2.24) is 19.7 Å². The zero-order valence-electron chi connectivity index (χ0n) is 19.3. The molecular weight excluding hydrogens is 402 g/mol. The summed E-state index contributed by atoms with van der Waals surface area (Å²) in [6.45, 7) is 9.65. The van der Waals surface area contributed by atoms with Crippen molar-refractivity contribution in [3.8, 4) is 5.75 Å². The van der Waals surface area contributed by atoms with Gasteiger partial charge in [0.15, 0.2) is 5.82 Å². The lowest BCUT2D eigenvalue weighted by Crippen LogP contribution is -2.38. The molecule has 168 valence electrons. The first kappa shape index (κ1) is 21.0. The number of hydrogen-bond acceptors (Lipinski definition) is 6. The average Bonchev–Trinajstić information content (AvgIpc) is 3.24. The minimum atomic E-state index is -0.107. The van der Waals surface area contributed by atoms with Gasteiger partial charge < -0.3 is 14.8 Å². The molecule has 1 saturated heterocycles. The van der Waals surface area contributed by atoms with E-state index in [1.54, 1.807) is 0 Å². The lowest BCUT2D eigenvalue weighted by molar-refractivity contribution is -0.0349. The number of ether oxygens (including phenoxy) is 2. The van der Waals surface area contributed by atoms with Crippen LogP contribution in [0.3, 0.4) is 0 Å². The van der Waals surface area contributed by atoms with Crippen molar-refractivity contribution in [2.45, 2.75) is 45.4 Å². The van der Waals surface area contributed by atoms with Crippen molar-refractivity contribution in [2.24, 2.45) is 7.05 Å². The topological polar surface area (TPSA) is 64.4 Å². The van der Waals surface area contributed by atoms with Gasteiger partial charge in [0.2, 0.25) is 0 Å². The Morgan fingerprint density at radius 2 is 2.03 bits per heavy atom. The highest BCUT2D eigenvalue weighted by Crippen LogP contribution is 2.35. The first-order valence-electron chi connectivity index (χ1n) is 11.2. The fourth-order valence-corrected chi connectivity index (χ4v) is 4.50. The number of nitrogens with zero attached hydrogens (tertiary/aromatic N) is 4. The van der Waals surface area contributed by atoms with Crippen LogP contribution in [0.1, 0.15) is 42.5 Å². The number of benzene rings is 1. The van der Waals surface area contributed by atoms with Gasteiger partial charge in [0.05, 0.1) is 12.3 Å². The van der Waals surface area contributed by atoms with Crippen LogP contribution in [0, 0.1) is 6.92 Å². The molecule has 32 heavy (non-hydrogen) atoms. The molecular formula is C25H31N5O2. The van der Waals surface area contributed by atoms with Gasteiger partial charge in [-0.15, -0.1) is 0 Å². The summed E-state index contributed by atoms with van der Waals surface area (Å²) in [7, 11) is 1.93. The summed E-state index contributed by atoms with van der Waals surface area (Å²) in [5.74, 6) is 2.60. The van der Waals surface area contributed by atoms with E-state index in [-0.39, 0.29) is 11.7 Å². The van der Waals surface area contributed by atoms with Crippen LogP contribution in [-0.2, 0) is 24.8 Å². The standard InChI is InChI=1S/C25H31N5O2/c1-17-12-24(28-29(17)4)27-23-7-5-6-20(26-23)22-16-30(10-11-31-22)15-18-8-9-21-19(13-18)14-25(2,3)32-21/h5-9,12-13,22H,10-11,14-16H2,1-4H3,(H,26,27,28). The van der Waals surface area contributed by atoms with E-state index in [4.69, 9.17) is 14.5 Å². The summed E-state index contributed by atoms with van der Waals surface area (Å²) in [4.78, 5) is 7.25. The minimum absolute atomic E-state index is 0.0485. The highest BCUT2D eigenvalue weighted by Gasteiger charge is 2.30. The molecule has 0 bridgehead atoms. The Kier molecular flexibility index (Phi) is 5.39. The Labute approximate surface area is 189 Å². The third kappa shape index (κ3) is 4.49. The maximum atomic E-state index is 6.09. The van der Waals surface area contributed by atoms with Gasteiger partial charge in [-0.25, -0.2) is 4.98 Å². The lowest BCUT2D eigenvalue weighted by Gasteiger charge is -2.32. The number of nitrogens with one attached hydrogen (secondary N) is 1. The summed E-state index contributed by atoms with van der Waals surface area (Å²) in [5.41, 5.74) is 4.55. The third-order valence-electron chi connectivity index (χ3n) is 6.15. The quantitative estimate of drug-likeness (QED) is 0.652. The van der Waals surface area contributed by atoms with E-state index in [0.29, 0.717) is 6.61 Å². The molecule has 5 rings (SSSR count). The number of hydrogen-bond donors (Lipinski definition) is 1. The molecule has 2 aliphatic heterocycles. The molecule has 0 spiro atoms. The second kappa shape index (κ2) is 8.22. The number of fused-ring (bicyclic) bond motifs is 1. The predicted molar refractivity (Wildman–Crippen MR) is 124 cm³/mol. The molecule has 0 radical (unpaired) electrons. The first-order chi connectivity index (χ1) is 15.3. The van der Waals surface area contributed by atoms with Gasteiger partial charge in [-0.3, -0.25) is 9.58 Å². The van der Waals surface area contributed by atoms with E-state index < -0.39 is 0 Å². The number of aryl methyl sites for hydroxylation is 2. The summed E-state index contributed by atoms with van der Waals surface area (Å²) in [5, 5.41) is 7.76. The smallest absolute Gasteiger partial charge is 0.153 e. The number of pyridine rings is 1. The van der Waals surface area contributed by atoms with Crippen LogP contribution in [0.25, 0.3) is 0 Å². The molecule has 0 saturated carbocycles. The van der Waals surface area contributed by atoms with Gasteiger partial charge in [-0.05, 0) is 50.1 Å². The fraction of sp³-hybridized carbons (Fsp3) is 0.440. The Bertz CT molecular complexity index is 1100. The van der Waals surface area contributed by atoms with Crippen molar-refractivity contribution in [2.75, 3.05) is 25.0 Å². The molecule has 1 atom stereocenters. The minimum Gasteiger partial charge on any atom is -0.487 e. The zero-order valence-corrected chi connectivity index (χ0v) is 19.3. The van der Waals surface area contributed by atoms with Crippen molar-refractivity contribution in [3.63, 3.8) is 0 Å². The SMILES string of the molecule is Cc1cc(Nc2cccc(C3CN(Cc4ccc5c(c4)CC(C)(C)O5)CCO3)n2)nn1C. The second-order valence-corrected chi connectivity index (χ2v) is 9.44. The molecule has 2 aromatic heterocycles. The van der Waals surface area contributed by atoms with Crippen LogP contribution in [-0.4, -0.2) is 45.0 Å². The molecule has 1 N–H and O–H groups in total. The fourth-order valence-electron chi connectivity index (χ4n) is 4.50. The molecule has 7 nitrogen and oxygen atoms in total. The van der Waals surface area contributed by atoms with Crippen LogP contribution < -0.4 is 10.1 Å². The van der Waals surface area contributed by atoms with E-state index in [0.717, 1.165) is 54.8 Å². The largest absolute Gasteiger partial charge is 0.487 e. The van der Waals surface area contributed by atoms with Crippen molar-refractivity contribution < 1.29 is 9.47 Å². The Balaban J connectivity index is 1.25. The maximum Gasteiger partial charge on any atom is 0.153 e. The van der Waals surface area contributed by atoms with Gasteiger partial charge in [-0.2, -0.15) is 5.10 Å². The first-order valence-corrected chi connectivity index (χ1v) is 11.2. The normalized spacial score (nSPS) is 20.1. The zero-order chi connectivity index (χ0) is 22.3. The van der Waals surface area contributed by atoms with Crippen molar-refractivity contribution >= 4 is 11.6 Å². The summed E-state index contributed by atoms with van der Waals surface area (Å²) < 4.78 is 14.0. The summed E-state index contributed by atoms with van der Waals surface area (Å²) in [6, 6.07) is 14.6. The molecule has 0 aliphatic carbocycles. The van der Waals surface area contributed by atoms with Crippen LogP contribution >= 0.6 is 0 Å². The molecule has 1 aromatic carbocycles. The second-order valence-electron chi connectivity index (χ2n) is 9.44. The summed E-state index contributed by atoms with van der Waals surface area (Å²) in [6.07, 6.45) is 0.911. The van der Waals surface area contributed by atoms with Crippen LogP contribution in [0.5, 0.6) is 5.75 Å². The number of aromatic nitrogens is 3. The molecule has 2 aliphatic rings. The van der Waals surface area contributed by atoms with Crippen LogP contribution in [0.15, 0.2) is 42.5 Å². The van der Waals surface area contributed by atoms with Crippen molar-refractivity contribution in [1.29, 1.82) is 0 Å². The van der Waals surface area contributed by atoms with Crippen LogP contribution in [0.4, 0.5) is 11.6 Å².